The predicted molar refractivity (Wildman–Crippen MR) is 124 cm³/mol. The van der Waals surface area contributed by atoms with Crippen LogP contribution < -0.4 is 10.6 Å². The highest BCUT2D eigenvalue weighted by Gasteiger charge is 2.23. The summed E-state index contributed by atoms with van der Waals surface area (Å²) >= 11 is 3.53. The number of nitrogens with one attached hydrogen (secondary N) is 2. The second-order valence-electron chi connectivity index (χ2n) is 7.61. The van der Waals surface area contributed by atoms with E-state index < -0.39 is 0 Å². The zero-order valence-electron chi connectivity index (χ0n) is 17.9. The molecule has 2 N–H and O–H groups in total. The lowest BCUT2D eigenvalue weighted by atomic mass is 10.0. The van der Waals surface area contributed by atoms with Crippen molar-refractivity contribution in [3.05, 3.63) is 27.4 Å². The normalized spacial score (nSPS) is 16.9. The average Bonchev–Trinajstić information content (AvgIpc) is 3.36. The Hall–Kier alpha value is -1.48. The van der Waals surface area contributed by atoms with Crippen molar-refractivity contribution >= 4 is 28.6 Å². The Bertz CT molecular complexity index is 780. The van der Waals surface area contributed by atoms with Gasteiger partial charge in [-0.2, -0.15) is 0 Å². The monoisotopic (exact) mass is 435 g/mol. The molecule has 6 nitrogen and oxygen atoms in total. The largest absolute Gasteiger partial charge is 0.379 e. The van der Waals surface area contributed by atoms with E-state index in [1.54, 1.807) is 11.3 Å². The smallest absolute Gasteiger partial charge is 0.191 e. The number of thiazole rings is 1. The van der Waals surface area contributed by atoms with E-state index in [0.717, 1.165) is 62.5 Å². The topological polar surface area (TPSA) is 61.8 Å². The minimum atomic E-state index is 0.485. The number of ether oxygens (including phenoxy) is 1. The Morgan fingerprint density at radius 3 is 2.72 bits per heavy atom. The number of hydrogen-bond acceptors (Lipinski definition) is 6. The molecule has 2 aromatic heterocycles. The molecule has 0 aliphatic carbocycles. The van der Waals surface area contributed by atoms with Crippen LogP contribution in [-0.4, -0.2) is 68.3 Å². The van der Waals surface area contributed by atoms with Crippen LogP contribution in [0.25, 0.3) is 10.6 Å². The van der Waals surface area contributed by atoms with Gasteiger partial charge in [-0.05, 0) is 31.4 Å². The highest BCUT2D eigenvalue weighted by atomic mass is 32.1. The van der Waals surface area contributed by atoms with Crippen LogP contribution in [-0.2, 0) is 11.2 Å². The van der Waals surface area contributed by atoms with Crippen LogP contribution in [0.15, 0.2) is 22.5 Å². The van der Waals surface area contributed by atoms with Crippen LogP contribution in [0.5, 0.6) is 0 Å². The summed E-state index contributed by atoms with van der Waals surface area (Å²) in [6.07, 6.45) is 0.978. The van der Waals surface area contributed by atoms with E-state index >= 15 is 0 Å². The van der Waals surface area contributed by atoms with E-state index in [0.29, 0.717) is 12.0 Å². The Balaban J connectivity index is 1.45. The first-order valence-electron chi connectivity index (χ1n) is 10.3. The Kier molecular flexibility index (Phi) is 8.47. The third kappa shape index (κ3) is 6.50. The predicted octanol–water partition coefficient (Wildman–Crippen LogP) is 3.24. The molecule has 1 saturated heterocycles. The van der Waals surface area contributed by atoms with Gasteiger partial charge in [0.05, 0.1) is 28.8 Å². The molecule has 8 heteroatoms. The molecule has 3 rings (SSSR count). The summed E-state index contributed by atoms with van der Waals surface area (Å²) in [5.74, 6) is 1.45. The van der Waals surface area contributed by atoms with Gasteiger partial charge in [0.25, 0.3) is 0 Å². The van der Waals surface area contributed by atoms with Crippen molar-refractivity contribution in [2.75, 3.05) is 46.4 Å². The van der Waals surface area contributed by atoms with Gasteiger partial charge < -0.3 is 15.4 Å². The molecule has 0 amide bonds. The fourth-order valence-electron chi connectivity index (χ4n) is 3.55. The number of morpholine rings is 1. The van der Waals surface area contributed by atoms with Crippen LogP contribution in [0.1, 0.15) is 23.7 Å². The first kappa shape index (κ1) is 22.2. The van der Waals surface area contributed by atoms with Crippen molar-refractivity contribution in [2.45, 2.75) is 33.2 Å². The Morgan fingerprint density at radius 2 is 2.07 bits per heavy atom. The summed E-state index contributed by atoms with van der Waals surface area (Å²) in [5.41, 5.74) is 1.09. The van der Waals surface area contributed by atoms with Crippen molar-refractivity contribution in [3.8, 4) is 10.6 Å². The van der Waals surface area contributed by atoms with Gasteiger partial charge in [0.2, 0.25) is 0 Å². The SMILES string of the molecule is CN=C(NCCc1ccc(-c2csc(C)n2)s1)NCC(C(C)C)N1CCOCC1. The van der Waals surface area contributed by atoms with E-state index in [4.69, 9.17) is 4.74 Å². The molecule has 0 bridgehead atoms. The van der Waals surface area contributed by atoms with E-state index in [2.05, 4.69) is 56.9 Å². The molecule has 29 heavy (non-hydrogen) atoms. The quantitative estimate of drug-likeness (QED) is 0.492. The number of aliphatic imine (C=N–C) groups is 1. The Labute approximate surface area is 182 Å². The fourth-order valence-corrected chi connectivity index (χ4v) is 5.20. The average molecular weight is 436 g/mol. The van der Waals surface area contributed by atoms with E-state index in [1.165, 1.54) is 9.75 Å². The number of guanidine groups is 1. The highest BCUT2D eigenvalue weighted by molar-refractivity contribution is 7.16. The Morgan fingerprint density at radius 1 is 1.28 bits per heavy atom. The van der Waals surface area contributed by atoms with E-state index in [-0.39, 0.29) is 0 Å². The first-order valence-corrected chi connectivity index (χ1v) is 12.0. The van der Waals surface area contributed by atoms with Gasteiger partial charge in [0.1, 0.15) is 0 Å². The van der Waals surface area contributed by atoms with Gasteiger partial charge in [-0.1, -0.05) is 13.8 Å². The summed E-state index contributed by atoms with van der Waals surface area (Å²) in [5, 5.41) is 10.2. The lowest BCUT2D eigenvalue weighted by Gasteiger charge is -2.37. The molecule has 0 aromatic carbocycles. The molecule has 3 heterocycles. The van der Waals surface area contributed by atoms with Gasteiger partial charge in [0.15, 0.2) is 5.96 Å². The maximum absolute atomic E-state index is 5.50. The van der Waals surface area contributed by atoms with E-state index in [9.17, 15) is 0 Å². The molecule has 1 atom stereocenters. The molecular weight excluding hydrogens is 402 g/mol. The molecule has 1 aliphatic heterocycles. The van der Waals surface area contributed by atoms with Crippen LogP contribution in [0.3, 0.4) is 0 Å². The zero-order chi connectivity index (χ0) is 20.6. The summed E-state index contributed by atoms with van der Waals surface area (Å²) in [4.78, 5) is 14.1. The van der Waals surface area contributed by atoms with Crippen LogP contribution in [0, 0.1) is 12.8 Å². The second-order valence-corrected chi connectivity index (χ2v) is 9.84. The van der Waals surface area contributed by atoms with Crippen molar-refractivity contribution in [1.29, 1.82) is 0 Å². The third-order valence-electron chi connectivity index (χ3n) is 5.18. The number of nitrogens with zero attached hydrogens (tertiary/aromatic N) is 3. The van der Waals surface area contributed by atoms with Gasteiger partial charge >= 0.3 is 0 Å². The van der Waals surface area contributed by atoms with Gasteiger partial charge in [0, 0.05) is 49.5 Å². The lowest BCUT2D eigenvalue weighted by molar-refractivity contribution is 0.00752. The molecular formula is C21H33N5OS2. The summed E-state index contributed by atoms with van der Waals surface area (Å²) < 4.78 is 5.50. The zero-order valence-corrected chi connectivity index (χ0v) is 19.5. The van der Waals surface area contributed by atoms with Crippen LogP contribution >= 0.6 is 22.7 Å². The molecule has 1 fully saturated rings. The molecule has 1 unspecified atom stereocenters. The summed E-state index contributed by atoms with van der Waals surface area (Å²) in [6.45, 7) is 12.1. The molecule has 0 radical (unpaired) electrons. The summed E-state index contributed by atoms with van der Waals surface area (Å²) in [7, 11) is 1.84. The number of rotatable bonds is 8. The lowest BCUT2D eigenvalue weighted by Crippen LogP contribution is -2.52. The first-order chi connectivity index (χ1) is 14.1. The number of aromatic nitrogens is 1. The van der Waals surface area contributed by atoms with Crippen molar-refractivity contribution in [2.24, 2.45) is 10.9 Å². The maximum Gasteiger partial charge on any atom is 0.191 e. The van der Waals surface area contributed by atoms with Gasteiger partial charge in [-0.25, -0.2) is 4.98 Å². The minimum absolute atomic E-state index is 0.485. The fraction of sp³-hybridized carbons (Fsp3) is 0.619. The number of thiophene rings is 1. The van der Waals surface area contributed by atoms with Gasteiger partial charge in [-0.15, -0.1) is 22.7 Å². The molecule has 160 valence electrons. The van der Waals surface area contributed by atoms with E-state index in [1.807, 2.05) is 25.3 Å². The number of hydrogen-bond donors (Lipinski definition) is 2. The second kappa shape index (κ2) is 11.1. The van der Waals surface area contributed by atoms with Crippen molar-refractivity contribution < 1.29 is 4.74 Å². The number of aryl methyl sites for hydroxylation is 1. The molecule has 0 saturated carbocycles. The van der Waals surface area contributed by atoms with Crippen LogP contribution in [0.4, 0.5) is 0 Å². The molecule has 2 aromatic rings. The van der Waals surface area contributed by atoms with Crippen LogP contribution in [0.2, 0.25) is 0 Å². The van der Waals surface area contributed by atoms with Crippen molar-refractivity contribution in [1.82, 2.24) is 20.5 Å². The summed E-state index contributed by atoms with van der Waals surface area (Å²) in [6, 6.07) is 4.87. The van der Waals surface area contributed by atoms with Crippen molar-refractivity contribution in [3.63, 3.8) is 0 Å². The third-order valence-corrected chi connectivity index (χ3v) is 7.12. The molecule has 1 aliphatic rings. The standard InChI is InChI=1S/C21H33N5OS2/c1-15(2)19(26-9-11-27-12-10-26)13-24-21(22-4)23-8-7-17-5-6-20(29-17)18-14-28-16(3)25-18/h5-6,14-15,19H,7-13H2,1-4H3,(H2,22,23,24). The highest BCUT2D eigenvalue weighted by Crippen LogP contribution is 2.29. The maximum atomic E-state index is 5.50. The van der Waals surface area contributed by atoms with Gasteiger partial charge in [-0.3, -0.25) is 9.89 Å². The molecule has 0 spiro atoms. The minimum Gasteiger partial charge on any atom is -0.379 e.